The number of non-ortho nitro benzene ring substituents is 1. The van der Waals surface area contributed by atoms with Crippen LogP contribution in [0.3, 0.4) is 0 Å². The Morgan fingerprint density at radius 1 is 1.08 bits per heavy atom. The number of hydrogen-bond donors (Lipinski definition) is 4. The van der Waals surface area contributed by atoms with Gasteiger partial charge in [0.1, 0.15) is 11.8 Å². The van der Waals surface area contributed by atoms with Crippen LogP contribution < -0.4 is 11.0 Å². The Kier molecular flexibility index (Phi) is 6.90. The lowest BCUT2D eigenvalue weighted by atomic mass is 10.00. The monoisotopic (exact) mass is 488 g/mol. The summed E-state index contributed by atoms with van der Waals surface area (Å²) in [7, 11) is 0. The number of fused-ring (bicyclic) bond motifs is 1. The zero-order chi connectivity index (χ0) is 25.8. The molecule has 0 unspecified atom stereocenters. The lowest BCUT2D eigenvalue weighted by molar-refractivity contribution is -0.384. The first kappa shape index (κ1) is 24.3. The number of aromatic nitrogens is 3. The third-order valence-corrected chi connectivity index (χ3v) is 5.34. The molecule has 1 amide bonds. The van der Waals surface area contributed by atoms with Crippen LogP contribution in [0.15, 0.2) is 76.9 Å². The first-order valence-corrected chi connectivity index (χ1v) is 10.7. The van der Waals surface area contributed by atoms with Gasteiger partial charge in [0.2, 0.25) is 0 Å². The minimum Gasteiger partial charge on any atom is -0.389 e. The number of hydrogen-bond acceptors (Lipinski definition) is 9. The van der Waals surface area contributed by atoms with Gasteiger partial charge >= 0.3 is 0 Å². The predicted octanol–water partition coefficient (Wildman–Crippen LogP) is 2.15. The fourth-order valence-corrected chi connectivity index (χ4v) is 3.40. The second kappa shape index (κ2) is 10.2. The van der Waals surface area contributed by atoms with E-state index in [2.05, 4.69) is 25.5 Å². The Morgan fingerprint density at radius 3 is 2.39 bits per heavy atom. The van der Waals surface area contributed by atoms with Gasteiger partial charge in [-0.3, -0.25) is 24.7 Å². The van der Waals surface area contributed by atoms with Gasteiger partial charge < -0.3 is 15.2 Å². The molecule has 0 aliphatic heterocycles. The number of aliphatic hydroxyl groups is 2. The summed E-state index contributed by atoms with van der Waals surface area (Å²) in [4.78, 5) is 46.5. The van der Waals surface area contributed by atoms with Gasteiger partial charge in [-0.2, -0.15) is 5.10 Å². The Hall–Kier alpha value is -4.81. The molecule has 2 aromatic heterocycles. The normalized spacial score (nSPS) is 13.2. The van der Waals surface area contributed by atoms with E-state index in [1.807, 2.05) is 0 Å². The number of carbonyl (C=O) groups is 1. The molecule has 0 fully saturated rings. The van der Waals surface area contributed by atoms with E-state index >= 15 is 0 Å². The van der Waals surface area contributed by atoms with E-state index < -0.39 is 28.6 Å². The van der Waals surface area contributed by atoms with E-state index in [9.17, 15) is 29.9 Å². The zero-order valence-corrected chi connectivity index (χ0v) is 18.8. The molecule has 0 radical (unpaired) electrons. The van der Waals surface area contributed by atoms with Crippen LogP contribution in [0.2, 0.25) is 0 Å². The fraction of sp³-hybridized carbons (Fsp3) is 0.125. The van der Waals surface area contributed by atoms with Gasteiger partial charge in [0, 0.05) is 30.1 Å². The van der Waals surface area contributed by atoms with Gasteiger partial charge in [-0.05, 0) is 36.2 Å². The van der Waals surface area contributed by atoms with Gasteiger partial charge in [-0.1, -0.05) is 24.3 Å². The number of nitrogens with one attached hydrogen (secondary N) is 2. The summed E-state index contributed by atoms with van der Waals surface area (Å²) >= 11 is 0. The van der Waals surface area contributed by atoms with Crippen LogP contribution in [0.4, 0.5) is 5.69 Å². The SMILES string of the molecule is C[C@@H](O)c1ccc([C@H](O)/C(=N/NC(=O)c2ccncc2)c2nc3ccc([N+](=O)[O-])cc3[nH]c2=O)cc1. The number of nitrogens with zero attached hydrogens (tertiary/aromatic N) is 4. The summed E-state index contributed by atoms with van der Waals surface area (Å²) in [6, 6.07) is 13.0. The summed E-state index contributed by atoms with van der Waals surface area (Å²) in [6.45, 7) is 1.59. The maximum Gasteiger partial charge on any atom is 0.276 e. The predicted molar refractivity (Wildman–Crippen MR) is 129 cm³/mol. The molecule has 0 bridgehead atoms. The number of H-pyrrole nitrogens is 1. The summed E-state index contributed by atoms with van der Waals surface area (Å²) in [5.74, 6) is -0.612. The zero-order valence-electron chi connectivity index (χ0n) is 18.8. The topological polar surface area (TPSA) is 184 Å². The standard InChI is InChI=1S/C24H20N6O6/c1-13(31)14-2-4-15(5-3-14)22(32)20(28-29-23(33)16-8-10-25-11-9-16)21-24(34)27-19-12-17(30(35)36)6-7-18(19)26-21/h2-13,22,31-32H,1H3,(H,27,34)(H,29,33)/b28-20+/t13-,22+/m1/s1. The van der Waals surface area contributed by atoms with Crippen molar-refractivity contribution in [1.29, 1.82) is 0 Å². The van der Waals surface area contributed by atoms with Crippen LogP contribution in [0, 0.1) is 10.1 Å². The quantitative estimate of drug-likeness (QED) is 0.173. The highest BCUT2D eigenvalue weighted by atomic mass is 16.6. The average molecular weight is 488 g/mol. The van der Waals surface area contributed by atoms with Crippen molar-refractivity contribution >= 4 is 28.3 Å². The number of rotatable bonds is 7. The Bertz CT molecular complexity index is 1520. The molecular weight excluding hydrogens is 468 g/mol. The van der Waals surface area contributed by atoms with Crippen LogP contribution in [0.1, 0.15) is 46.3 Å². The molecule has 182 valence electrons. The molecule has 2 heterocycles. The summed E-state index contributed by atoms with van der Waals surface area (Å²) in [5, 5.41) is 36.0. The van der Waals surface area contributed by atoms with Crippen molar-refractivity contribution in [2.75, 3.05) is 0 Å². The van der Waals surface area contributed by atoms with Crippen LogP contribution in [0.5, 0.6) is 0 Å². The van der Waals surface area contributed by atoms with Crippen LogP contribution in [0.25, 0.3) is 11.0 Å². The van der Waals surface area contributed by atoms with Gasteiger partial charge in [0.25, 0.3) is 17.2 Å². The molecule has 2 atom stereocenters. The highest BCUT2D eigenvalue weighted by molar-refractivity contribution is 6.04. The molecule has 0 saturated carbocycles. The van der Waals surface area contributed by atoms with Crippen molar-refractivity contribution in [2.45, 2.75) is 19.1 Å². The van der Waals surface area contributed by atoms with Crippen LogP contribution >= 0.6 is 0 Å². The number of nitro groups is 1. The third-order valence-electron chi connectivity index (χ3n) is 5.34. The second-order valence-electron chi connectivity index (χ2n) is 7.79. The van der Waals surface area contributed by atoms with E-state index in [0.717, 1.165) is 0 Å². The minimum atomic E-state index is -1.49. The van der Waals surface area contributed by atoms with E-state index in [1.165, 1.54) is 42.7 Å². The lowest BCUT2D eigenvalue weighted by Crippen LogP contribution is -2.29. The van der Waals surface area contributed by atoms with Gasteiger partial charge in [-0.15, -0.1) is 0 Å². The maximum atomic E-state index is 12.9. The number of hydrazone groups is 1. The van der Waals surface area contributed by atoms with Crippen molar-refractivity contribution in [3.63, 3.8) is 0 Å². The van der Waals surface area contributed by atoms with Crippen LogP contribution in [-0.4, -0.2) is 41.7 Å². The number of pyridine rings is 1. The smallest absolute Gasteiger partial charge is 0.276 e. The maximum absolute atomic E-state index is 12.9. The molecule has 36 heavy (non-hydrogen) atoms. The molecule has 4 N–H and O–H groups in total. The molecule has 0 saturated heterocycles. The van der Waals surface area contributed by atoms with E-state index in [4.69, 9.17) is 0 Å². The van der Waals surface area contributed by atoms with E-state index in [0.29, 0.717) is 11.1 Å². The van der Waals surface area contributed by atoms with Gasteiger partial charge in [0.15, 0.2) is 5.69 Å². The minimum absolute atomic E-state index is 0.119. The summed E-state index contributed by atoms with van der Waals surface area (Å²) in [5.41, 5.74) is 2.26. The summed E-state index contributed by atoms with van der Waals surface area (Å²) in [6.07, 6.45) is 0.632. The first-order valence-electron chi connectivity index (χ1n) is 10.7. The number of benzene rings is 2. The van der Waals surface area contributed by atoms with Gasteiger partial charge in [0.05, 0.1) is 22.1 Å². The van der Waals surface area contributed by atoms with Crippen molar-refractivity contribution in [3.05, 3.63) is 110 Å². The Morgan fingerprint density at radius 2 is 1.75 bits per heavy atom. The van der Waals surface area contributed by atoms with E-state index in [-0.39, 0.29) is 33.7 Å². The highest BCUT2D eigenvalue weighted by Crippen LogP contribution is 2.22. The highest BCUT2D eigenvalue weighted by Gasteiger charge is 2.24. The Labute approximate surface area is 203 Å². The Balaban J connectivity index is 1.79. The largest absolute Gasteiger partial charge is 0.389 e. The first-order chi connectivity index (χ1) is 17.2. The molecule has 12 heteroatoms. The van der Waals surface area contributed by atoms with Crippen molar-refractivity contribution in [3.8, 4) is 0 Å². The van der Waals surface area contributed by atoms with Crippen molar-refractivity contribution in [1.82, 2.24) is 20.4 Å². The molecule has 2 aromatic carbocycles. The van der Waals surface area contributed by atoms with Crippen molar-refractivity contribution in [2.24, 2.45) is 5.10 Å². The van der Waals surface area contributed by atoms with E-state index in [1.54, 1.807) is 31.2 Å². The number of aliphatic hydroxyl groups excluding tert-OH is 2. The van der Waals surface area contributed by atoms with Gasteiger partial charge in [-0.25, -0.2) is 10.4 Å². The molecule has 0 aliphatic rings. The fourth-order valence-electron chi connectivity index (χ4n) is 3.40. The molecular formula is C24H20N6O6. The molecule has 0 spiro atoms. The molecule has 12 nitrogen and oxygen atoms in total. The van der Waals surface area contributed by atoms with Crippen molar-refractivity contribution < 1.29 is 19.9 Å². The average Bonchev–Trinajstić information content (AvgIpc) is 2.88. The number of carbonyl (C=O) groups excluding carboxylic acids is 1. The van der Waals surface area contributed by atoms with Crippen LogP contribution in [-0.2, 0) is 0 Å². The third kappa shape index (κ3) is 5.14. The molecule has 0 aliphatic carbocycles. The molecule has 4 rings (SSSR count). The molecule has 4 aromatic rings. The number of aromatic amines is 1. The summed E-state index contributed by atoms with van der Waals surface area (Å²) < 4.78 is 0. The second-order valence-corrected chi connectivity index (χ2v) is 7.79. The number of nitro benzene ring substituents is 1. The lowest BCUT2D eigenvalue weighted by Gasteiger charge is -2.15. The number of amides is 1.